The lowest BCUT2D eigenvalue weighted by Crippen LogP contribution is -2.31. The summed E-state index contributed by atoms with van der Waals surface area (Å²) in [7, 11) is 0. The molecule has 0 amide bonds. The molecule has 0 radical (unpaired) electrons. The molecule has 0 saturated carbocycles. The van der Waals surface area contributed by atoms with Gasteiger partial charge >= 0.3 is 0 Å². The van der Waals surface area contributed by atoms with Crippen LogP contribution in [-0.2, 0) is 10.8 Å². The van der Waals surface area contributed by atoms with E-state index in [9.17, 15) is 0 Å². The third-order valence-electron chi connectivity index (χ3n) is 13.6. The first-order valence-electron chi connectivity index (χ1n) is 20.1. The zero-order valence-electron chi connectivity index (χ0n) is 32.3. The van der Waals surface area contributed by atoms with Crippen LogP contribution in [0.5, 0.6) is 0 Å². The molecule has 7 aromatic carbocycles. The SMILES string of the molecule is CC1(C)c2ccccc2-c2cc3c4c(n(-c5ccccc5)c3cc21)=CCC(c1ccc2c(c1)c1cc3c(cc1n2-c1ccccc1)C(C)(C)c1ccccc1-3)C=4. The molecule has 12 rings (SSSR count). The Hall–Kier alpha value is -6.38. The van der Waals surface area contributed by atoms with Crippen LogP contribution < -0.4 is 10.6 Å². The zero-order valence-corrected chi connectivity index (χ0v) is 32.3. The molecular formula is C54H42N2. The van der Waals surface area contributed by atoms with Crippen LogP contribution >= 0.6 is 0 Å². The van der Waals surface area contributed by atoms with Gasteiger partial charge in [0.15, 0.2) is 0 Å². The summed E-state index contributed by atoms with van der Waals surface area (Å²) in [5, 5.41) is 6.60. The summed E-state index contributed by atoms with van der Waals surface area (Å²) in [6.07, 6.45) is 6.02. The van der Waals surface area contributed by atoms with Crippen LogP contribution in [-0.4, -0.2) is 9.13 Å². The van der Waals surface area contributed by atoms with E-state index in [4.69, 9.17) is 0 Å². The lowest BCUT2D eigenvalue weighted by molar-refractivity contribution is 0.661. The molecule has 0 bridgehead atoms. The van der Waals surface area contributed by atoms with Crippen LogP contribution in [0.1, 0.15) is 67.9 Å². The molecule has 1 unspecified atom stereocenters. The summed E-state index contributed by atoms with van der Waals surface area (Å²) in [4.78, 5) is 0. The normalized spacial score (nSPS) is 16.9. The Morgan fingerprint density at radius 2 is 0.964 bits per heavy atom. The second-order valence-corrected chi connectivity index (χ2v) is 17.3. The van der Waals surface area contributed by atoms with Crippen molar-refractivity contribution in [3.05, 3.63) is 190 Å². The van der Waals surface area contributed by atoms with E-state index >= 15 is 0 Å². The molecule has 0 fully saturated rings. The molecule has 3 aliphatic rings. The molecule has 1 atom stereocenters. The van der Waals surface area contributed by atoms with Crippen LogP contribution in [0.25, 0.3) is 78.5 Å². The smallest absolute Gasteiger partial charge is 0.0544 e. The van der Waals surface area contributed by atoms with Crippen LogP contribution in [0.4, 0.5) is 0 Å². The van der Waals surface area contributed by atoms with Gasteiger partial charge in [0.05, 0.1) is 16.6 Å². The van der Waals surface area contributed by atoms with Gasteiger partial charge in [-0.2, -0.15) is 0 Å². The van der Waals surface area contributed by atoms with Crippen molar-refractivity contribution >= 4 is 44.9 Å². The Balaban J connectivity index is 1.09. The molecule has 0 spiro atoms. The molecule has 9 aromatic rings. The predicted octanol–water partition coefficient (Wildman–Crippen LogP) is 12.1. The third kappa shape index (κ3) is 4.17. The standard InChI is InChI=1S/C54H42N2/c1-53(2)45-21-13-11-19-37(45)39-29-43-41-27-33(23-25-49(41)55(51(43)31-47(39)53)35-15-7-5-8-16-35)34-24-26-50-42(28-34)44-30-40-38-20-12-14-22-46(38)54(3,4)48(40)32-52(44)56(50)36-17-9-6-10-18-36/h5-23,25-32,34H,24H2,1-4H3. The number of hydrogen-bond donors (Lipinski definition) is 0. The van der Waals surface area contributed by atoms with Crippen LogP contribution in [0.15, 0.2) is 152 Å². The van der Waals surface area contributed by atoms with Crippen molar-refractivity contribution in [2.45, 2.75) is 50.9 Å². The van der Waals surface area contributed by atoms with Crippen molar-refractivity contribution in [2.75, 3.05) is 0 Å². The topological polar surface area (TPSA) is 9.86 Å². The number of hydrogen-bond acceptors (Lipinski definition) is 0. The first-order valence-corrected chi connectivity index (χ1v) is 20.1. The van der Waals surface area contributed by atoms with Crippen LogP contribution in [0, 0.1) is 0 Å². The molecule has 0 aliphatic heterocycles. The maximum absolute atomic E-state index is 2.57. The number of fused-ring (bicyclic) bond motifs is 12. The quantitative estimate of drug-likeness (QED) is 0.172. The highest BCUT2D eigenvalue weighted by atomic mass is 15.0. The van der Waals surface area contributed by atoms with E-state index in [0.29, 0.717) is 0 Å². The van der Waals surface area contributed by atoms with Crippen molar-refractivity contribution in [3.8, 4) is 33.6 Å². The van der Waals surface area contributed by atoms with Gasteiger partial charge in [-0.15, -0.1) is 0 Å². The van der Waals surface area contributed by atoms with Gasteiger partial charge in [0.25, 0.3) is 0 Å². The average molecular weight is 719 g/mol. The number of nitrogens with zero attached hydrogens (tertiary/aromatic N) is 2. The van der Waals surface area contributed by atoms with E-state index < -0.39 is 0 Å². The van der Waals surface area contributed by atoms with E-state index in [1.807, 2.05) is 0 Å². The maximum atomic E-state index is 2.57. The molecule has 0 saturated heterocycles. The van der Waals surface area contributed by atoms with E-state index in [2.05, 4.69) is 201 Å². The molecule has 2 heteroatoms. The van der Waals surface area contributed by atoms with Crippen molar-refractivity contribution < 1.29 is 0 Å². The lowest BCUT2D eigenvalue weighted by Gasteiger charge is -2.21. The molecule has 2 aromatic heterocycles. The summed E-state index contributed by atoms with van der Waals surface area (Å²) in [5.41, 5.74) is 18.6. The summed E-state index contributed by atoms with van der Waals surface area (Å²) < 4.78 is 4.99. The van der Waals surface area contributed by atoms with Gasteiger partial charge in [0.1, 0.15) is 0 Å². The molecule has 2 heterocycles. The Bertz CT molecular complexity index is 3260. The van der Waals surface area contributed by atoms with Crippen molar-refractivity contribution in [1.82, 2.24) is 9.13 Å². The lowest BCUT2D eigenvalue weighted by atomic mass is 9.82. The second kappa shape index (κ2) is 11.1. The zero-order chi connectivity index (χ0) is 37.5. The fourth-order valence-corrected chi connectivity index (χ4v) is 10.8. The van der Waals surface area contributed by atoms with Gasteiger partial charge in [-0.05, 0) is 117 Å². The Kier molecular flexibility index (Phi) is 6.33. The Morgan fingerprint density at radius 1 is 0.446 bits per heavy atom. The first kappa shape index (κ1) is 31.9. The molecule has 56 heavy (non-hydrogen) atoms. The van der Waals surface area contributed by atoms with Crippen molar-refractivity contribution in [2.24, 2.45) is 0 Å². The highest BCUT2D eigenvalue weighted by Crippen LogP contribution is 2.52. The minimum atomic E-state index is -0.0648. The summed E-state index contributed by atoms with van der Waals surface area (Å²) in [5.74, 6) is 0.253. The van der Waals surface area contributed by atoms with Gasteiger partial charge in [-0.3, -0.25) is 0 Å². The van der Waals surface area contributed by atoms with E-state index in [1.54, 1.807) is 0 Å². The molecule has 0 N–H and O–H groups in total. The van der Waals surface area contributed by atoms with Crippen LogP contribution in [0.2, 0.25) is 0 Å². The molecule has 3 aliphatic carbocycles. The van der Waals surface area contributed by atoms with E-state index in [1.165, 1.54) is 105 Å². The van der Waals surface area contributed by atoms with Crippen molar-refractivity contribution in [1.29, 1.82) is 0 Å². The van der Waals surface area contributed by atoms with Crippen molar-refractivity contribution in [3.63, 3.8) is 0 Å². The Morgan fingerprint density at radius 3 is 1.59 bits per heavy atom. The highest BCUT2D eigenvalue weighted by Gasteiger charge is 2.37. The monoisotopic (exact) mass is 718 g/mol. The molecule has 268 valence electrons. The van der Waals surface area contributed by atoms with E-state index in [-0.39, 0.29) is 16.7 Å². The molecular weight excluding hydrogens is 677 g/mol. The predicted molar refractivity (Wildman–Crippen MR) is 235 cm³/mol. The fraction of sp³-hybridized carbons (Fsp3) is 0.148. The van der Waals surface area contributed by atoms with Gasteiger partial charge in [0.2, 0.25) is 0 Å². The second-order valence-electron chi connectivity index (χ2n) is 17.3. The number of benzene rings is 7. The summed E-state index contributed by atoms with van der Waals surface area (Å²) in [6.45, 7) is 9.52. The largest absolute Gasteiger partial charge is 0.310 e. The first-order chi connectivity index (χ1) is 27.3. The third-order valence-corrected chi connectivity index (χ3v) is 13.6. The van der Waals surface area contributed by atoms with Gasteiger partial charge in [-0.25, -0.2) is 0 Å². The van der Waals surface area contributed by atoms with Crippen LogP contribution in [0.3, 0.4) is 0 Å². The summed E-state index contributed by atoms with van der Waals surface area (Å²) in [6, 6.07) is 57.1. The van der Waals surface area contributed by atoms with Gasteiger partial charge in [0, 0.05) is 54.8 Å². The maximum Gasteiger partial charge on any atom is 0.0544 e. The number of rotatable bonds is 3. The molecule has 2 nitrogen and oxygen atoms in total. The fourth-order valence-electron chi connectivity index (χ4n) is 10.8. The van der Waals surface area contributed by atoms with E-state index in [0.717, 1.165) is 6.42 Å². The highest BCUT2D eigenvalue weighted by molar-refractivity contribution is 6.12. The minimum Gasteiger partial charge on any atom is -0.310 e. The van der Waals surface area contributed by atoms with Gasteiger partial charge < -0.3 is 9.13 Å². The number of para-hydroxylation sites is 2. The van der Waals surface area contributed by atoms with Gasteiger partial charge in [-0.1, -0.05) is 131 Å². The Labute approximate surface area is 327 Å². The summed E-state index contributed by atoms with van der Waals surface area (Å²) >= 11 is 0. The average Bonchev–Trinajstić information content (AvgIpc) is 3.88. The number of aromatic nitrogens is 2. The minimum absolute atomic E-state index is 0.0608.